The Hall–Kier alpha value is -1.10. The quantitative estimate of drug-likeness (QED) is 0.917. The third-order valence-corrected chi connectivity index (χ3v) is 2.78. The highest BCUT2D eigenvalue weighted by atomic mass is 35.5. The predicted octanol–water partition coefficient (Wildman–Crippen LogP) is 2.13. The number of hydrogen-bond acceptors (Lipinski definition) is 3. The van der Waals surface area contributed by atoms with E-state index < -0.39 is 0 Å². The van der Waals surface area contributed by atoms with Gasteiger partial charge < -0.3 is 5.11 Å². The number of aliphatic hydroxyl groups is 1. The second-order valence-corrected chi connectivity index (χ2v) is 4.12. The van der Waals surface area contributed by atoms with E-state index in [1.165, 1.54) is 6.20 Å². The topological polar surface area (TPSA) is 50.9 Å². The van der Waals surface area contributed by atoms with Crippen LogP contribution in [-0.2, 0) is 13.2 Å². The minimum atomic E-state index is -0.0990. The third-order valence-electron chi connectivity index (χ3n) is 2.20. The number of halogens is 2. The SMILES string of the molecule is OCc1cnnn1Cc1ccc(Cl)cc1Cl. The molecule has 2 aromatic rings. The molecule has 4 nitrogen and oxygen atoms in total. The smallest absolute Gasteiger partial charge is 0.0866 e. The van der Waals surface area contributed by atoms with Gasteiger partial charge in [-0.3, -0.25) is 0 Å². The van der Waals surface area contributed by atoms with Crippen LogP contribution in [0.15, 0.2) is 24.4 Å². The molecule has 16 heavy (non-hydrogen) atoms. The predicted molar refractivity (Wildman–Crippen MR) is 61.5 cm³/mol. The van der Waals surface area contributed by atoms with Crippen molar-refractivity contribution in [1.82, 2.24) is 15.0 Å². The largest absolute Gasteiger partial charge is 0.390 e. The lowest BCUT2D eigenvalue weighted by Gasteiger charge is -2.06. The summed E-state index contributed by atoms with van der Waals surface area (Å²) in [6.07, 6.45) is 1.52. The summed E-state index contributed by atoms with van der Waals surface area (Å²) >= 11 is 11.8. The first-order valence-electron chi connectivity index (χ1n) is 4.63. The van der Waals surface area contributed by atoms with Crippen LogP contribution >= 0.6 is 23.2 Å². The van der Waals surface area contributed by atoms with Gasteiger partial charge in [0.1, 0.15) is 0 Å². The summed E-state index contributed by atoms with van der Waals surface area (Å²) in [5.74, 6) is 0. The number of aliphatic hydroxyl groups excluding tert-OH is 1. The van der Waals surface area contributed by atoms with Crippen LogP contribution in [0, 0.1) is 0 Å². The second-order valence-electron chi connectivity index (χ2n) is 3.28. The van der Waals surface area contributed by atoms with E-state index in [-0.39, 0.29) is 6.61 Å². The van der Waals surface area contributed by atoms with Gasteiger partial charge in [0.25, 0.3) is 0 Å². The summed E-state index contributed by atoms with van der Waals surface area (Å²) in [5.41, 5.74) is 1.53. The van der Waals surface area contributed by atoms with Crippen molar-refractivity contribution >= 4 is 23.2 Å². The average Bonchev–Trinajstić information content (AvgIpc) is 2.69. The van der Waals surface area contributed by atoms with Crippen LogP contribution in [0.5, 0.6) is 0 Å². The van der Waals surface area contributed by atoms with E-state index in [0.29, 0.717) is 22.3 Å². The lowest BCUT2D eigenvalue weighted by Crippen LogP contribution is -2.06. The van der Waals surface area contributed by atoms with Crippen molar-refractivity contribution in [3.63, 3.8) is 0 Å². The molecule has 0 saturated heterocycles. The van der Waals surface area contributed by atoms with Gasteiger partial charge in [-0.25, -0.2) is 4.68 Å². The van der Waals surface area contributed by atoms with Crippen molar-refractivity contribution in [1.29, 1.82) is 0 Å². The highest BCUT2D eigenvalue weighted by Gasteiger charge is 2.06. The normalized spacial score (nSPS) is 10.7. The van der Waals surface area contributed by atoms with Crippen molar-refractivity contribution in [3.05, 3.63) is 45.7 Å². The van der Waals surface area contributed by atoms with Crippen LogP contribution in [0.25, 0.3) is 0 Å². The van der Waals surface area contributed by atoms with Crippen LogP contribution in [0.2, 0.25) is 10.0 Å². The molecule has 1 aromatic carbocycles. The molecule has 0 spiro atoms. The molecule has 0 fully saturated rings. The van der Waals surface area contributed by atoms with Crippen molar-refractivity contribution < 1.29 is 5.11 Å². The lowest BCUT2D eigenvalue weighted by molar-refractivity contribution is 0.269. The Morgan fingerprint density at radius 1 is 1.31 bits per heavy atom. The molecule has 84 valence electrons. The highest BCUT2D eigenvalue weighted by molar-refractivity contribution is 6.35. The summed E-state index contributed by atoms with van der Waals surface area (Å²) in [6, 6.07) is 5.26. The number of hydrogen-bond donors (Lipinski definition) is 1. The van der Waals surface area contributed by atoms with E-state index in [1.807, 2.05) is 6.07 Å². The van der Waals surface area contributed by atoms with Crippen LogP contribution in [-0.4, -0.2) is 20.1 Å². The second kappa shape index (κ2) is 4.82. The van der Waals surface area contributed by atoms with Crippen molar-refractivity contribution in [3.8, 4) is 0 Å². The fourth-order valence-corrected chi connectivity index (χ4v) is 1.81. The number of nitrogens with zero attached hydrogens (tertiary/aromatic N) is 3. The summed E-state index contributed by atoms with van der Waals surface area (Å²) in [5, 5.41) is 17.8. The third kappa shape index (κ3) is 2.35. The van der Waals surface area contributed by atoms with Gasteiger partial charge in [-0.1, -0.05) is 34.5 Å². The van der Waals surface area contributed by atoms with Crippen LogP contribution in [0.1, 0.15) is 11.3 Å². The Balaban J connectivity index is 2.27. The monoisotopic (exact) mass is 257 g/mol. The van der Waals surface area contributed by atoms with Crippen molar-refractivity contribution in [2.24, 2.45) is 0 Å². The van der Waals surface area contributed by atoms with Gasteiger partial charge in [0.2, 0.25) is 0 Å². The Morgan fingerprint density at radius 2 is 2.12 bits per heavy atom. The molecule has 0 radical (unpaired) electrons. The Bertz CT molecular complexity index is 499. The lowest BCUT2D eigenvalue weighted by atomic mass is 10.2. The molecule has 0 unspecified atom stereocenters. The van der Waals surface area contributed by atoms with Gasteiger partial charge >= 0.3 is 0 Å². The Labute approximate surface area is 102 Å². The summed E-state index contributed by atoms with van der Waals surface area (Å²) in [4.78, 5) is 0. The van der Waals surface area contributed by atoms with E-state index in [1.54, 1.807) is 16.8 Å². The van der Waals surface area contributed by atoms with Crippen LogP contribution in [0.4, 0.5) is 0 Å². The zero-order chi connectivity index (χ0) is 11.5. The maximum Gasteiger partial charge on any atom is 0.0866 e. The van der Waals surface area contributed by atoms with Crippen LogP contribution in [0.3, 0.4) is 0 Å². The molecular weight excluding hydrogens is 249 g/mol. The molecule has 0 bridgehead atoms. The Morgan fingerprint density at radius 3 is 2.81 bits per heavy atom. The van der Waals surface area contributed by atoms with Gasteiger partial charge in [-0.15, -0.1) is 5.10 Å². The standard InChI is InChI=1S/C10H9Cl2N3O/c11-8-2-1-7(10(12)3-8)5-15-9(6-16)4-13-14-15/h1-4,16H,5-6H2. The summed E-state index contributed by atoms with van der Waals surface area (Å²) < 4.78 is 1.59. The van der Waals surface area contributed by atoms with Gasteiger partial charge in [0, 0.05) is 10.0 Å². The molecule has 1 heterocycles. The fourth-order valence-electron chi connectivity index (χ4n) is 1.35. The van der Waals surface area contributed by atoms with Crippen LogP contribution < -0.4 is 0 Å². The first kappa shape index (κ1) is 11.4. The van der Waals surface area contributed by atoms with E-state index in [9.17, 15) is 0 Å². The Kier molecular flexibility index (Phi) is 3.43. The zero-order valence-corrected chi connectivity index (χ0v) is 9.78. The minimum Gasteiger partial charge on any atom is -0.390 e. The van der Waals surface area contributed by atoms with E-state index in [4.69, 9.17) is 28.3 Å². The molecular formula is C10H9Cl2N3O. The molecule has 6 heteroatoms. The van der Waals surface area contributed by atoms with Gasteiger partial charge in [0.15, 0.2) is 0 Å². The van der Waals surface area contributed by atoms with E-state index >= 15 is 0 Å². The molecule has 0 aliphatic rings. The van der Waals surface area contributed by atoms with Gasteiger partial charge in [0.05, 0.1) is 25.0 Å². The van der Waals surface area contributed by atoms with E-state index in [0.717, 1.165) is 5.56 Å². The summed E-state index contributed by atoms with van der Waals surface area (Å²) in [7, 11) is 0. The summed E-state index contributed by atoms with van der Waals surface area (Å²) in [6.45, 7) is 0.365. The van der Waals surface area contributed by atoms with Crippen molar-refractivity contribution in [2.75, 3.05) is 0 Å². The first-order chi connectivity index (χ1) is 7.70. The molecule has 1 aromatic heterocycles. The van der Waals surface area contributed by atoms with Gasteiger partial charge in [-0.2, -0.15) is 0 Å². The zero-order valence-electron chi connectivity index (χ0n) is 8.27. The fraction of sp³-hybridized carbons (Fsp3) is 0.200. The number of aromatic nitrogens is 3. The maximum atomic E-state index is 9.04. The van der Waals surface area contributed by atoms with Gasteiger partial charge in [-0.05, 0) is 17.7 Å². The minimum absolute atomic E-state index is 0.0990. The highest BCUT2D eigenvalue weighted by Crippen LogP contribution is 2.21. The molecule has 0 amide bonds. The maximum absolute atomic E-state index is 9.04. The molecule has 0 aliphatic carbocycles. The molecule has 2 rings (SSSR count). The van der Waals surface area contributed by atoms with E-state index in [2.05, 4.69) is 10.3 Å². The molecule has 0 saturated carbocycles. The first-order valence-corrected chi connectivity index (χ1v) is 5.38. The average molecular weight is 258 g/mol. The molecule has 0 aliphatic heterocycles. The molecule has 0 atom stereocenters. The van der Waals surface area contributed by atoms with Crippen molar-refractivity contribution in [2.45, 2.75) is 13.2 Å². The number of rotatable bonds is 3. The molecule has 1 N–H and O–H groups in total. The number of benzene rings is 1.